The number of hydrogen-bond acceptors (Lipinski definition) is 4. The quantitative estimate of drug-likeness (QED) is 0.535. The third kappa shape index (κ3) is 3.09. The van der Waals surface area contributed by atoms with Crippen molar-refractivity contribution in [1.29, 1.82) is 0 Å². The fourth-order valence-electron chi connectivity index (χ4n) is 2.79. The van der Waals surface area contributed by atoms with Gasteiger partial charge in [-0.3, -0.25) is 4.79 Å². The first-order valence-electron chi connectivity index (χ1n) is 8.14. The van der Waals surface area contributed by atoms with Crippen LogP contribution in [-0.2, 0) is 6.54 Å². The van der Waals surface area contributed by atoms with Crippen LogP contribution in [0.1, 0.15) is 16.6 Å². The van der Waals surface area contributed by atoms with Gasteiger partial charge in [0, 0.05) is 12.7 Å². The molecule has 0 spiro atoms. The highest BCUT2D eigenvalue weighted by molar-refractivity contribution is 7.17. The van der Waals surface area contributed by atoms with Gasteiger partial charge >= 0.3 is 0 Å². The van der Waals surface area contributed by atoms with Crippen LogP contribution in [0.5, 0.6) is 0 Å². The molecule has 3 heterocycles. The number of fused-ring (bicyclic) bond motifs is 1. The number of nitrogens with one attached hydrogen (secondary N) is 1. The fraction of sp³-hybridized carbons (Fsp3) is 0.105. The highest BCUT2D eigenvalue weighted by Gasteiger charge is 2.16. The van der Waals surface area contributed by atoms with E-state index in [0.29, 0.717) is 15.7 Å². The van der Waals surface area contributed by atoms with E-state index < -0.39 is 0 Å². The molecule has 0 saturated heterocycles. The van der Waals surface area contributed by atoms with Gasteiger partial charge in [-0.15, -0.1) is 11.3 Å². The third-order valence-electron chi connectivity index (χ3n) is 3.99. The Morgan fingerprint density at radius 2 is 2.04 bits per heavy atom. The Balaban J connectivity index is 1.64. The summed E-state index contributed by atoms with van der Waals surface area (Å²) in [6, 6.07) is 15.1. The number of carbonyl (C=O) groups is 1. The second kappa shape index (κ2) is 6.90. The maximum absolute atomic E-state index is 12.5. The summed E-state index contributed by atoms with van der Waals surface area (Å²) in [5.41, 5.74) is 2.05. The van der Waals surface area contributed by atoms with E-state index in [1.54, 1.807) is 12.1 Å². The third-order valence-corrected chi connectivity index (χ3v) is 5.29. The van der Waals surface area contributed by atoms with Crippen molar-refractivity contribution in [2.75, 3.05) is 5.32 Å². The van der Waals surface area contributed by atoms with Gasteiger partial charge in [-0.1, -0.05) is 23.7 Å². The van der Waals surface area contributed by atoms with E-state index in [4.69, 9.17) is 16.6 Å². The number of thiophene rings is 1. The Bertz CT molecular complexity index is 1080. The van der Waals surface area contributed by atoms with E-state index in [-0.39, 0.29) is 5.91 Å². The van der Waals surface area contributed by atoms with Crippen LogP contribution in [-0.4, -0.2) is 20.4 Å². The van der Waals surface area contributed by atoms with Crippen molar-refractivity contribution in [2.24, 2.45) is 0 Å². The predicted octanol–water partition coefficient (Wildman–Crippen LogP) is 5.09. The second-order valence-electron chi connectivity index (χ2n) is 5.65. The summed E-state index contributed by atoms with van der Waals surface area (Å²) in [6.07, 6.45) is 1.50. The van der Waals surface area contributed by atoms with Crippen molar-refractivity contribution in [3.8, 4) is 10.7 Å². The molecule has 0 radical (unpaired) electrons. The molecule has 0 unspecified atom stereocenters. The summed E-state index contributed by atoms with van der Waals surface area (Å²) in [6.45, 7) is 2.90. The van der Waals surface area contributed by atoms with Gasteiger partial charge in [-0.05, 0) is 43.3 Å². The van der Waals surface area contributed by atoms with E-state index in [0.717, 1.165) is 28.3 Å². The number of pyridine rings is 1. The number of hydrogen-bond donors (Lipinski definition) is 1. The number of rotatable bonds is 4. The van der Waals surface area contributed by atoms with Gasteiger partial charge < -0.3 is 9.88 Å². The topological polar surface area (TPSA) is 59.8 Å². The van der Waals surface area contributed by atoms with Crippen LogP contribution in [0.15, 0.2) is 54.7 Å². The molecule has 1 amide bonds. The van der Waals surface area contributed by atoms with Gasteiger partial charge in [0.15, 0.2) is 5.82 Å². The van der Waals surface area contributed by atoms with Crippen LogP contribution in [0.3, 0.4) is 0 Å². The molecule has 0 aliphatic heterocycles. The Kier molecular flexibility index (Phi) is 4.44. The van der Waals surface area contributed by atoms with Crippen molar-refractivity contribution in [1.82, 2.24) is 14.5 Å². The van der Waals surface area contributed by atoms with Gasteiger partial charge in [-0.2, -0.15) is 0 Å². The molecule has 1 aromatic carbocycles. The minimum absolute atomic E-state index is 0.199. The lowest BCUT2D eigenvalue weighted by Gasteiger charge is -2.04. The molecule has 4 rings (SSSR count). The van der Waals surface area contributed by atoms with E-state index in [1.807, 2.05) is 30.3 Å². The number of amides is 1. The first-order valence-corrected chi connectivity index (χ1v) is 9.33. The monoisotopic (exact) mass is 382 g/mol. The van der Waals surface area contributed by atoms with Crippen LogP contribution < -0.4 is 5.32 Å². The zero-order valence-corrected chi connectivity index (χ0v) is 15.5. The lowest BCUT2D eigenvalue weighted by Crippen LogP contribution is -2.10. The maximum Gasteiger partial charge on any atom is 0.266 e. The summed E-state index contributed by atoms with van der Waals surface area (Å²) in [4.78, 5) is 22.9. The molecule has 3 aromatic heterocycles. The van der Waals surface area contributed by atoms with Crippen LogP contribution in [0.2, 0.25) is 5.02 Å². The summed E-state index contributed by atoms with van der Waals surface area (Å²) < 4.78 is 2.16. The fourth-order valence-corrected chi connectivity index (χ4v) is 3.80. The lowest BCUT2D eigenvalue weighted by molar-refractivity contribution is 0.103. The number of aryl methyl sites for hydroxylation is 1. The highest BCUT2D eigenvalue weighted by atomic mass is 35.5. The van der Waals surface area contributed by atoms with Crippen LogP contribution >= 0.6 is 22.9 Å². The highest BCUT2D eigenvalue weighted by Crippen LogP contribution is 2.31. The van der Waals surface area contributed by atoms with Crippen molar-refractivity contribution >= 4 is 45.7 Å². The zero-order valence-electron chi connectivity index (χ0n) is 13.9. The molecular weight excluding hydrogens is 368 g/mol. The molecule has 26 heavy (non-hydrogen) atoms. The minimum atomic E-state index is -0.199. The zero-order chi connectivity index (χ0) is 18.1. The van der Waals surface area contributed by atoms with Crippen molar-refractivity contribution in [3.63, 3.8) is 0 Å². The van der Waals surface area contributed by atoms with Crippen molar-refractivity contribution < 1.29 is 4.79 Å². The number of carbonyl (C=O) groups excluding carboxylic acids is 1. The Labute approximate surface area is 159 Å². The number of benzene rings is 1. The number of anilines is 1. The van der Waals surface area contributed by atoms with Gasteiger partial charge in [0.05, 0.1) is 25.8 Å². The van der Waals surface area contributed by atoms with Gasteiger partial charge in [0.25, 0.3) is 5.91 Å². The smallest absolute Gasteiger partial charge is 0.266 e. The van der Waals surface area contributed by atoms with Gasteiger partial charge in [0.1, 0.15) is 5.82 Å². The van der Waals surface area contributed by atoms with Gasteiger partial charge in [0.2, 0.25) is 0 Å². The molecule has 130 valence electrons. The largest absolute Gasteiger partial charge is 0.324 e. The second-order valence-corrected chi connectivity index (χ2v) is 7.17. The minimum Gasteiger partial charge on any atom is -0.324 e. The van der Waals surface area contributed by atoms with Crippen LogP contribution in [0.25, 0.3) is 21.7 Å². The molecule has 0 bridgehead atoms. The first-order chi connectivity index (χ1) is 12.7. The SMILES string of the molecule is CCn1c(-c2ccc(C(=O)Nc3ccc(Cl)cn3)s2)nc2ccccc21. The van der Waals surface area contributed by atoms with E-state index in [2.05, 4.69) is 27.9 Å². The summed E-state index contributed by atoms with van der Waals surface area (Å²) in [7, 11) is 0. The Morgan fingerprint density at radius 1 is 1.19 bits per heavy atom. The number of para-hydroxylation sites is 2. The van der Waals surface area contributed by atoms with Crippen molar-refractivity contribution in [2.45, 2.75) is 13.5 Å². The molecule has 0 aliphatic rings. The molecule has 0 atom stereocenters. The normalized spacial score (nSPS) is 11.0. The lowest BCUT2D eigenvalue weighted by atomic mass is 10.3. The number of nitrogens with zero attached hydrogens (tertiary/aromatic N) is 3. The summed E-state index contributed by atoms with van der Waals surface area (Å²) in [5.74, 6) is 1.15. The Morgan fingerprint density at radius 3 is 2.81 bits per heavy atom. The molecule has 4 aromatic rings. The Hall–Kier alpha value is -2.70. The molecule has 1 N–H and O–H groups in total. The average Bonchev–Trinajstić information content (AvgIpc) is 3.27. The van der Waals surface area contributed by atoms with Crippen molar-refractivity contribution in [3.05, 3.63) is 64.6 Å². The van der Waals surface area contributed by atoms with Crippen LogP contribution in [0, 0.1) is 0 Å². The van der Waals surface area contributed by atoms with E-state index in [1.165, 1.54) is 17.5 Å². The number of imidazole rings is 1. The molecular formula is C19H15ClN4OS. The maximum atomic E-state index is 12.5. The standard InChI is InChI=1S/C19H15ClN4OS/c1-2-24-14-6-4-3-5-13(14)22-18(24)15-8-9-16(26-15)19(25)23-17-10-7-12(20)11-21-17/h3-11H,2H2,1H3,(H,21,23,25). The number of aromatic nitrogens is 3. The molecule has 0 aliphatic carbocycles. The molecule has 5 nitrogen and oxygen atoms in total. The summed E-state index contributed by atoms with van der Waals surface area (Å²) in [5, 5.41) is 3.31. The van der Waals surface area contributed by atoms with Gasteiger partial charge in [-0.25, -0.2) is 9.97 Å². The summed E-state index contributed by atoms with van der Waals surface area (Å²) >= 11 is 7.23. The molecule has 0 fully saturated rings. The molecule has 0 saturated carbocycles. The van der Waals surface area contributed by atoms with Crippen LogP contribution in [0.4, 0.5) is 5.82 Å². The molecule has 7 heteroatoms. The van der Waals surface area contributed by atoms with E-state index >= 15 is 0 Å². The number of halogens is 1. The average molecular weight is 383 g/mol. The van der Waals surface area contributed by atoms with E-state index in [9.17, 15) is 4.79 Å². The predicted molar refractivity (Wildman–Crippen MR) is 106 cm³/mol. The first kappa shape index (κ1) is 16.8.